The van der Waals surface area contributed by atoms with E-state index in [2.05, 4.69) is 17.4 Å². The van der Waals surface area contributed by atoms with Crippen LogP contribution in [0.3, 0.4) is 0 Å². The number of alkyl carbamates (subject to hydrolysis) is 1. The molecule has 33 heavy (non-hydrogen) atoms. The van der Waals surface area contributed by atoms with Crippen LogP contribution in [0.2, 0.25) is 0 Å². The van der Waals surface area contributed by atoms with Crippen molar-refractivity contribution in [2.45, 2.75) is 44.8 Å². The minimum Gasteiger partial charge on any atom is -0.491 e. The molecule has 0 unspecified atom stereocenters. The lowest BCUT2D eigenvalue weighted by atomic mass is 9.92. The normalized spacial score (nSPS) is 17.7. The lowest BCUT2D eigenvalue weighted by Crippen LogP contribution is -2.48. The van der Waals surface area contributed by atoms with E-state index in [-0.39, 0.29) is 31.6 Å². The molecule has 1 fully saturated rings. The summed E-state index contributed by atoms with van der Waals surface area (Å²) in [5.41, 5.74) is 3.73. The summed E-state index contributed by atoms with van der Waals surface area (Å²) in [7, 11) is 0. The Balaban J connectivity index is 1.15. The molecule has 1 aliphatic carbocycles. The molecule has 0 aromatic heterocycles. The van der Waals surface area contributed by atoms with E-state index in [1.165, 1.54) is 24.0 Å². The van der Waals surface area contributed by atoms with Gasteiger partial charge in [-0.1, -0.05) is 36.4 Å². The second-order valence-corrected chi connectivity index (χ2v) is 8.52. The molecule has 176 valence electrons. The van der Waals surface area contributed by atoms with Crippen LogP contribution in [0, 0.1) is 0 Å². The summed E-state index contributed by atoms with van der Waals surface area (Å²) in [6.07, 6.45) is 4.29. The SMILES string of the molecule is O=C(NCCC(=O)N1CCO[C@H](COc2ccc3c(c2)CCCC3)C1)OCc1ccccc1. The Morgan fingerprint density at radius 1 is 1.06 bits per heavy atom. The van der Waals surface area contributed by atoms with Gasteiger partial charge in [-0.05, 0) is 54.5 Å². The number of hydrogen-bond acceptors (Lipinski definition) is 5. The zero-order valence-corrected chi connectivity index (χ0v) is 19.0. The van der Waals surface area contributed by atoms with Gasteiger partial charge in [-0.25, -0.2) is 4.79 Å². The Morgan fingerprint density at radius 2 is 1.88 bits per heavy atom. The van der Waals surface area contributed by atoms with Gasteiger partial charge in [0.15, 0.2) is 0 Å². The van der Waals surface area contributed by atoms with E-state index >= 15 is 0 Å². The van der Waals surface area contributed by atoms with Crippen molar-refractivity contribution in [1.82, 2.24) is 10.2 Å². The van der Waals surface area contributed by atoms with E-state index < -0.39 is 6.09 Å². The zero-order chi connectivity index (χ0) is 22.9. The quantitative estimate of drug-likeness (QED) is 0.664. The molecule has 0 bridgehead atoms. The van der Waals surface area contributed by atoms with Crippen LogP contribution >= 0.6 is 0 Å². The van der Waals surface area contributed by atoms with Gasteiger partial charge in [0.2, 0.25) is 5.91 Å². The predicted molar refractivity (Wildman–Crippen MR) is 124 cm³/mol. The molecule has 1 saturated heterocycles. The Morgan fingerprint density at radius 3 is 2.73 bits per heavy atom. The van der Waals surface area contributed by atoms with Crippen LogP contribution in [0.15, 0.2) is 48.5 Å². The third-order valence-electron chi connectivity index (χ3n) is 6.07. The summed E-state index contributed by atoms with van der Waals surface area (Å²) in [5.74, 6) is 0.848. The number of nitrogens with one attached hydrogen (secondary N) is 1. The Kier molecular flexibility index (Phi) is 8.19. The van der Waals surface area contributed by atoms with Crippen molar-refractivity contribution < 1.29 is 23.8 Å². The molecule has 7 heteroatoms. The number of aryl methyl sites for hydroxylation is 2. The molecule has 2 aromatic rings. The molecule has 4 rings (SSSR count). The number of morpholine rings is 1. The van der Waals surface area contributed by atoms with Gasteiger partial charge in [-0.2, -0.15) is 0 Å². The fraction of sp³-hybridized carbons (Fsp3) is 0.462. The Labute approximate surface area is 195 Å². The minimum absolute atomic E-state index is 0.0135. The highest BCUT2D eigenvalue weighted by Crippen LogP contribution is 2.25. The topological polar surface area (TPSA) is 77.1 Å². The first-order chi connectivity index (χ1) is 16.2. The summed E-state index contributed by atoms with van der Waals surface area (Å²) in [6.45, 7) is 2.37. The van der Waals surface area contributed by atoms with Crippen LogP contribution in [-0.4, -0.2) is 55.9 Å². The molecule has 2 amide bonds. The number of rotatable bonds is 8. The molecular weight excluding hydrogens is 420 g/mol. The largest absolute Gasteiger partial charge is 0.491 e. The molecule has 7 nitrogen and oxygen atoms in total. The molecule has 0 saturated carbocycles. The van der Waals surface area contributed by atoms with Gasteiger partial charge >= 0.3 is 6.09 Å². The highest BCUT2D eigenvalue weighted by Gasteiger charge is 2.24. The van der Waals surface area contributed by atoms with Crippen LogP contribution in [0.5, 0.6) is 5.75 Å². The van der Waals surface area contributed by atoms with Crippen LogP contribution in [-0.2, 0) is 33.7 Å². The van der Waals surface area contributed by atoms with Crippen molar-refractivity contribution in [2.24, 2.45) is 0 Å². The van der Waals surface area contributed by atoms with E-state index in [0.29, 0.717) is 26.3 Å². The van der Waals surface area contributed by atoms with Gasteiger partial charge < -0.3 is 24.4 Å². The monoisotopic (exact) mass is 452 g/mol. The van der Waals surface area contributed by atoms with E-state index in [1.807, 2.05) is 36.4 Å². The number of carbonyl (C=O) groups is 2. The van der Waals surface area contributed by atoms with Crippen molar-refractivity contribution in [2.75, 3.05) is 32.8 Å². The highest BCUT2D eigenvalue weighted by atomic mass is 16.5. The van der Waals surface area contributed by atoms with Crippen molar-refractivity contribution in [1.29, 1.82) is 0 Å². The predicted octanol–water partition coefficient (Wildman–Crippen LogP) is 3.49. The number of hydrogen-bond donors (Lipinski definition) is 1. The molecular formula is C26H32N2O5. The van der Waals surface area contributed by atoms with E-state index in [0.717, 1.165) is 24.2 Å². The minimum atomic E-state index is -0.523. The first kappa shape index (κ1) is 23.1. The third kappa shape index (κ3) is 6.96. The Hall–Kier alpha value is -3.06. The third-order valence-corrected chi connectivity index (χ3v) is 6.07. The maximum absolute atomic E-state index is 12.6. The van der Waals surface area contributed by atoms with Gasteiger partial charge in [0, 0.05) is 19.5 Å². The average molecular weight is 453 g/mol. The first-order valence-corrected chi connectivity index (χ1v) is 11.8. The standard InChI is InChI=1S/C26H32N2O5/c29-25(12-13-27-26(30)33-18-20-6-2-1-3-7-20)28-14-15-31-24(17-28)19-32-23-11-10-21-8-4-5-9-22(21)16-23/h1-3,6-7,10-11,16,24H,4-5,8-9,12-15,17-19H2,(H,27,30)/t24-/m0/s1. The molecule has 0 radical (unpaired) electrons. The number of carbonyl (C=O) groups excluding carboxylic acids is 2. The number of nitrogens with zero attached hydrogens (tertiary/aromatic N) is 1. The fourth-order valence-corrected chi connectivity index (χ4v) is 4.24. The highest BCUT2D eigenvalue weighted by molar-refractivity contribution is 5.77. The van der Waals surface area contributed by atoms with Crippen molar-refractivity contribution >= 4 is 12.0 Å². The zero-order valence-electron chi connectivity index (χ0n) is 19.0. The Bertz CT molecular complexity index is 934. The van der Waals surface area contributed by atoms with Crippen LogP contribution < -0.4 is 10.1 Å². The summed E-state index contributed by atoms with van der Waals surface area (Å²) in [4.78, 5) is 26.2. The number of ether oxygens (including phenoxy) is 3. The summed E-state index contributed by atoms with van der Waals surface area (Å²) in [6, 6.07) is 15.8. The van der Waals surface area contributed by atoms with E-state index in [1.54, 1.807) is 4.90 Å². The first-order valence-electron chi connectivity index (χ1n) is 11.8. The van der Waals surface area contributed by atoms with Gasteiger partial charge in [-0.15, -0.1) is 0 Å². The fourth-order valence-electron chi connectivity index (χ4n) is 4.24. The van der Waals surface area contributed by atoms with Crippen LogP contribution in [0.4, 0.5) is 4.79 Å². The van der Waals surface area contributed by atoms with E-state index in [4.69, 9.17) is 14.2 Å². The van der Waals surface area contributed by atoms with Crippen LogP contribution in [0.1, 0.15) is 36.0 Å². The maximum Gasteiger partial charge on any atom is 0.407 e. The number of fused-ring (bicyclic) bond motifs is 1. The molecule has 0 spiro atoms. The molecule has 2 aliphatic rings. The molecule has 1 atom stereocenters. The van der Waals surface area contributed by atoms with E-state index in [9.17, 15) is 9.59 Å². The lowest BCUT2D eigenvalue weighted by Gasteiger charge is -2.33. The van der Waals surface area contributed by atoms with Gasteiger partial charge in [0.25, 0.3) is 0 Å². The number of amides is 2. The summed E-state index contributed by atoms with van der Waals surface area (Å²) >= 11 is 0. The van der Waals surface area contributed by atoms with Crippen molar-refractivity contribution in [3.05, 3.63) is 65.2 Å². The van der Waals surface area contributed by atoms with Gasteiger partial charge in [-0.3, -0.25) is 4.79 Å². The number of benzene rings is 2. The summed E-state index contributed by atoms with van der Waals surface area (Å²) in [5, 5.41) is 2.64. The average Bonchev–Trinajstić information content (AvgIpc) is 2.87. The van der Waals surface area contributed by atoms with Crippen LogP contribution in [0.25, 0.3) is 0 Å². The second-order valence-electron chi connectivity index (χ2n) is 8.52. The molecule has 1 heterocycles. The molecule has 2 aromatic carbocycles. The second kappa shape index (κ2) is 11.7. The maximum atomic E-state index is 12.6. The van der Waals surface area contributed by atoms with Crippen molar-refractivity contribution in [3.8, 4) is 5.75 Å². The van der Waals surface area contributed by atoms with Crippen molar-refractivity contribution in [3.63, 3.8) is 0 Å². The van der Waals surface area contributed by atoms with Gasteiger partial charge in [0.05, 0.1) is 13.2 Å². The smallest absolute Gasteiger partial charge is 0.407 e. The summed E-state index contributed by atoms with van der Waals surface area (Å²) < 4.78 is 16.9. The van der Waals surface area contributed by atoms with Gasteiger partial charge in [0.1, 0.15) is 25.1 Å². The lowest BCUT2D eigenvalue weighted by molar-refractivity contribution is -0.139. The molecule has 1 N–H and O–H groups in total. The molecule has 1 aliphatic heterocycles.